The molecule has 2 aromatic rings. The van der Waals surface area contributed by atoms with E-state index in [1.54, 1.807) is 45.5 Å². The Labute approximate surface area is 189 Å². The van der Waals surface area contributed by atoms with Gasteiger partial charge in [0.05, 0.1) is 30.5 Å². The fraction of sp³-hybridized carbons (Fsp3) is 0.542. The van der Waals surface area contributed by atoms with Crippen molar-refractivity contribution in [2.45, 2.75) is 44.0 Å². The van der Waals surface area contributed by atoms with Gasteiger partial charge in [-0.2, -0.15) is 0 Å². The number of methoxy groups -OCH3 is 1. The van der Waals surface area contributed by atoms with Gasteiger partial charge < -0.3 is 24.4 Å². The van der Waals surface area contributed by atoms with Crippen LogP contribution in [0.15, 0.2) is 42.7 Å². The second kappa shape index (κ2) is 9.13. The summed E-state index contributed by atoms with van der Waals surface area (Å²) in [5.41, 5.74) is 0.136. The lowest BCUT2D eigenvalue weighted by Gasteiger charge is -2.49. The van der Waals surface area contributed by atoms with Crippen molar-refractivity contribution in [3.05, 3.63) is 53.9 Å². The van der Waals surface area contributed by atoms with Gasteiger partial charge in [-0.05, 0) is 50.5 Å². The van der Waals surface area contributed by atoms with Crippen molar-refractivity contribution >= 4 is 11.9 Å². The number of ether oxygens (including phenoxy) is 2. The summed E-state index contributed by atoms with van der Waals surface area (Å²) in [5.74, 6) is 0.705. The van der Waals surface area contributed by atoms with Crippen LogP contribution in [0.4, 0.5) is 5.95 Å². The highest BCUT2D eigenvalue weighted by molar-refractivity contribution is 5.94. The average molecular weight is 441 g/mol. The molecular formula is C24H32N4O4. The molecule has 2 aliphatic heterocycles. The van der Waals surface area contributed by atoms with Crippen molar-refractivity contribution in [3.63, 3.8) is 0 Å². The van der Waals surface area contributed by atoms with Crippen molar-refractivity contribution in [2.24, 2.45) is 0 Å². The quantitative estimate of drug-likeness (QED) is 0.763. The molecule has 1 aromatic carbocycles. The predicted octanol–water partition coefficient (Wildman–Crippen LogP) is 2.23. The van der Waals surface area contributed by atoms with Crippen LogP contribution in [0.3, 0.4) is 0 Å². The normalized spacial score (nSPS) is 21.1. The first-order valence-electron chi connectivity index (χ1n) is 11.1. The number of anilines is 1. The van der Waals surface area contributed by atoms with Crippen LogP contribution in [0, 0.1) is 0 Å². The molecule has 1 amide bonds. The zero-order valence-corrected chi connectivity index (χ0v) is 19.0. The van der Waals surface area contributed by atoms with Gasteiger partial charge in [0.1, 0.15) is 0 Å². The van der Waals surface area contributed by atoms with Crippen LogP contribution < -0.4 is 4.90 Å². The molecule has 4 rings (SSSR count). The van der Waals surface area contributed by atoms with Crippen LogP contribution in [0.2, 0.25) is 0 Å². The number of carbonyl (C=O) groups excluding carboxylic acids is 1. The van der Waals surface area contributed by atoms with Crippen molar-refractivity contribution in [3.8, 4) is 0 Å². The number of aliphatic hydroxyl groups is 1. The van der Waals surface area contributed by atoms with E-state index < -0.39 is 5.60 Å². The zero-order chi connectivity index (χ0) is 22.8. The lowest BCUT2D eigenvalue weighted by Crippen LogP contribution is -2.61. The second-order valence-corrected chi connectivity index (χ2v) is 9.24. The van der Waals surface area contributed by atoms with Gasteiger partial charge in [-0.15, -0.1) is 0 Å². The molecule has 0 bridgehead atoms. The topological polar surface area (TPSA) is 88.0 Å². The van der Waals surface area contributed by atoms with E-state index in [2.05, 4.69) is 14.9 Å². The van der Waals surface area contributed by atoms with Crippen LogP contribution in [0.5, 0.6) is 0 Å². The number of benzene rings is 1. The van der Waals surface area contributed by atoms with E-state index in [4.69, 9.17) is 9.47 Å². The number of piperidine rings is 1. The molecule has 1 atom stereocenters. The molecule has 0 saturated carbocycles. The highest BCUT2D eigenvalue weighted by Gasteiger charge is 2.44. The fourth-order valence-corrected chi connectivity index (χ4v) is 4.56. The molecule has 1 N–H and O–H groups in total. The van der Waals surface area contributed by atoms with E-state index in [0.29, 0.717) is 44.3 Å². The number of hydrogen-bond acceptors (Lipinski definition) is 7. The number of rotatable bonds is 5. The molecule has 1 aromatic heterocycles. The van der Waals surface area contributed by atoms with E-state index in [1.165, 1.54) is 0 Å². The molecule has 2 fully saturated rings. The molecule has 0 radical (unpaired) electrons. The van der Waals surface area contributed by atoms with Crippen molar-refractivity contribution < 1.29 is 19.4 Å². The fourth-order valence-electron chi connectivity index (χ4n) is 4.56. The molecule has 172 valence electrons. The maximum atomic E-state index is 13.1. The number of carbonyl (C=O) groups is 1. The third-order valence-electron chi connectivity index (χ3n) is 6.31. The third-order valence-corrected chi connectivity index (χ3v) is 6.31. The Morgan fingerprint density at radius 1 is 1.22 bits per heavy atom. The SMILES string of the molecule is COCC1CN(c2ncccn2)CC2(CCN(C(=O)c3ccc(C(C)(C)O)cc3)CC2)O1. The number of amides is 1. The first kappa shape index (κ1) is 22.6. The maximum absolute atomic E-state index is 13.1. The zero-order valence-electron chi connectivity index (χ0n) is 19.0. The summed E-state index contributed by atoms with van der Waals surface area (Å²) in [5, 5.41) is 10.1. The second-order valence-electron chi connectivity index (χ2n) is 9.24. The standard InChI is InChI=1S/C24H32N4O4/c1-23(2,30)19-7-5-18(6-8-19)21(29)27-13-9-24(10-14-27)17-28(15-20(32-24)16-31-3)22-25-11-4-12-26-22/h4-8,11-12,20,30H,9-10,13-17H2,1-3H3. The summed E-state index contributed by atoms with van der Waals surface area (Å²) in [7, 11) is 1.68. The molecule has 3 heterocycles. The van der Waals surface area contributed by atoms with E-state index >= 15 is 0 Å². The Kier molecular flexibility index (Phi) is 6.46. The van der Waals surface area contributed by atoms with Crippen molar-refractivity contribution in [2.75, 3.05) is 44.8 Å². The molecule has 8 nitrogen and oxygen atoms in total. The van der Waals surface area contributed by atoms with Gasteiger partial charge in [-0.3, -0.25) is 4.79 Å². The van der Waals surface area contributed by atoms with Gasteiger partial charge in [-0.1, -0.05) is 12.1 Å². The molecule has 8 heteroatoms. The Hall–Kier alpha value is -2.55. The molecule has 1 unspecified atom stereocenters. The summed E-state index contributed by atoms with van der Waals surface area (Å²) in [6.45, 7) is 6.58. The van der Waals surface area contributed by atoms with E-state index in [1.807, 2.05) is 23.1 Å². The van der Waals surface area contributed by atoms with Gasteiger partial charge in [0.2, 0.25) is 5.95 Å². The minimum absolute atomic E-state index is 0.00893. The monoisotopic (exact) mass is 440 g/mol. The number of nitrogens with zero attached hydrogens (tertiary/aromatic N) is 4. The van der Waals surface area contributed by atoms with Crippen LogP contribution >= 0.6 is 0 Å². The van der Waals surface area contributed by atoms with Gasteiger partial charge in [0, 0.05) is 44.7 Å². The molecular weight excluding hydrogens is 408 g/mol. The molecule has 2 saturated heterocycles. The van der Waals surface area contributed by atoms with E-state index in [0.717, 1.165) is 18.4 Å². The highest BCUT2D eigenvalue weighted by atomic mass is 16.5. The first-order chi connectivity index (χ1) is 15.3. The Morgan fingerprint density at radius 2 is 1.88 bits per heavy atom. The van der Waals surface area contributed by atoms with Gasteiger partial charge >= 0.3 is 0 Å². The minimum Gasteiger partial charge on any atom is -0.386 e. The van der Waals surface area contributed by atoms with Gasteiger partial charge in [0.25, 0.3) is 5.91 Å². The Balaban J connectivity index is 1.44. The van der Waals surface area contributed by atoms with Crippen LogP contribution in [-0.4, -0.2) is 77.5 Å². The maximum Gasteiger partial charge on any atom is 0.253 e. The van der Waals surface area contributed by atoms with Crippen LogP contribution in [0.25, 0.3) is 0 Å². The average Bonchev–Trinajstić information content (AvgIpc) is 2.79. The summed E-state index contributed by atoms with van der Waals surface area (Å²) >= 11 is 0. The Bertz CT molecular complexity index is 906. The summed E-state index contributed by atoms with van der Waals surface area (Å²) in [6, 6.07) is 9.02. The van der Waals surface area contributed by atoms with Gasteiger partial charge in [-0.25, -0.2) is 9.97 Å². The lowest BCUT2D eigenvalue weighted by molar-refractivity contribution is -0.145. The number of likely N-dealkylation sites (tertiary alicyclic amines) is 1. The van der Waals surface area contributed by atoms with Crippen molar-refractivity contribution in [1.29, 1.82) is 0 Å². The lowest BCUT2D eigenvalue weighted by atomic mass is 9.88. The molecule has 2 aliphatic rings. The van der Waals surface area contributed by atoms with Crippen molar-refractivity contribution in [1.82, 2.24) is 14.9 Å². The first-order valence-corrected chi connectivity index (χ1v) is 11.1. The molecule has 0 aliphatic carbocycles. The molecule has 1 spiro atoms. The highest BCUT2D eigenvalue weighted by Crippen LogP contribution is 2.34. The summed E-state index contributed by atoms with van der Waals surface area (Å²) < 4.78 is 11.9. The van der Waals surface area contributed by atoms with E-state index in [9.17, 15) is 9.90 Å². The largest absolute Gasteiger partial charge is 0.386 e. The minimum atomic E-state index is -0.926. The number of hydrogen-bond donors (Lipinski definition) is 1. The number of aromatic nitrogens is 2. The van der Waals surface area contributed by atoms with Crippen LogP contribution in [0.1, 0.15) is 42.6 Å². The Morgan fingerprint density at radius 3 is 2.47 bits per heavy atom. The van der Waals surface area contributed by atoms with E-state index in [-0.39, 0.29) is 17.6 Å². The smallest absolute Gasteiger partial charge is 0.253 e. The van der Waals surface area contributed by atoms with Gasteiger partial charge in [0.15, 0.2) is 0 Å². The number of morpholine rings is 1. The molecule has 32 heavy (non-hydrogen) atoms. The van der Waals surface area contributed by atoms with Crippen LogP contribution in [-0.2, 0) is 15.1 Å². The third kappa shape index (κ3) is 4.92. The summed E-state index contributed by atoms with van der Waals surface area (Å²) in [4.78, 5) is 25.9. The predicted molar refractivity (Wildman–Crippen MR) is 121 cm³/mol. The summed E-state index contributed by atoms with van der Waals surface area (Å²) in [6.07, 6.45) is 4.91.